The van der Waals surface area contributed by atoms with Crippen molar-refractivity contribution in [3.05, 3.63) is 0 Å². The molecule has 1 rings (SSSR count). The third kappa shape index (κ3) is 3.43. The summed E-state index contributed by atoms with van der Waals surface area (Å²) < 4.78 is 10.5. The zero-order valence-corrected chi connectivity index (χ0v) is 11.9. The molecule has 0 aliphatic carbocycles. The van der Waals surface area contributed by atoms with Gasteiger partial charge in [-0.05, 0) is 19.8 Å². The number of carbonyl (C=O) groups is 1. The number of rotatable bonds is 5. The van der Waals surface area contributed by atoms with Gasteiger partial charge in [-0.15, -0.1) is 0 Å². The normalized spacial score (nSPS) is 33.4. The topological polar surface area (TPSA) is 59.0 Å². The number of likely N-dealkylation sites (N-methyl/N-ethyl adjacent to an activating group) is 1. The summed E-state index contributed by atoms with van der Waals surface area (Å²) in [5, 5.41) is 9.64. The van der Waals surface area contributed by atoms with E-state index < -0.39 is 6.10 Å². The first-order chi connectivity index (χ1) is 8.38. The van der Waals surface area contributed by atoms with Gasteiger partial charge >= 0.3 is 0 Å². The molecule has 5 atom stereocenters. The first kappa shape index (κ1) is 15.4. The van der Waals surface area contributed by atoms with Crippen LogP contribution in [0.15, 0.2) is 0 Å². The van der Waals surface area contributed by atoms with Crippen molar-refractivity contribution >= 4 is 5.91 Å². The highest BCUT2D eigenvalue weighted by atomic mass is 16.5. The van der Waals surface area contributed by atoms with Crippen LogP contribution in [0.25, 0.3) is 0 Å². The minimum atomic E-state index is -0.644. The highest BCUT2D eigenvalue weighted by Crippen LogP contribution is 2.33. The molecule has 1 fully saturated rings. The molecule has 0 saturated carbocycles. The molecule has 0 bridgehead atoms. The largest absolute Gasteiger partial charge is 0.389 e. The lowest BCUT2D eigenvalue weighted by Gasteiger charge is -2.26. The first-order valence-electron chi connectivity index (χ1n) is 6.45. The summed E-state index contributed by atoms with van der Waals surface area (Å²) in [6.07, 6.45) is -0.606. The molecule has 106 valence electrons. The Morgan fingerprint density at radius 1 is 1.39 bits per heavy atom. The highest BCUT2D eigenvalue weighted by Gasteiger charge is 2.42. The lowest BCUT2D eigenvalue weighted by molar-refractivity contribution is -0.138. The summed E-state index contributed by atoms with van der Waals surface area (Å²) in [4.78, 5) is 13.9. The fraction of sp³-hybridized carbons (Fsp3) is 0.923. The third-order valence-corrected chi connectivity index (χ3v) is 3.75. The molecule has 5 unspecified atom stereocenters. The Hall–Kier alpha value is -0.650. The lowest BCUT2D eigenvalue weighted by atomic mass is 9.88. The second kappa shape index (κ2) is 6.50. The van der Waals surface area contributed by atoms with Crippen LogP contribution < -0.4 is 0 Å². The highest BCUT2D eigenvalue weighted by molar-refractivity contribution is 5.79. The van der Waals surface area contributed by atoms with Gasteiger partial charge in [-0.25, -0.2) is 0 Å². The summed E-state index contributed by atoms with van der Waals surface area (Å²) in [7, 11) is 3.24. The van der Waals surface area contributed by atoms with Gasteiger partial charge in [0.15, 0.2) is 0 Å². The maximum absolute atomic E-state index is 12.3. The van der Waals surface area contributed by atoms with Crippen molar-refractivity contribution in [2.24, 2.45) is 11.8 Å². The number of ether oxygens (including phenoxy) is 2. The number of aliphatic hydroxyl groups excluding tert-OH is 1. The summed E-state index contributed by atoms with van der Waals surface area (Å²) >= 11 is 0. The van der Waals surface area contributed by atoms with Crippen molar-refractivity contribution in [1.82, 2.24) is 4.90 Å². The average molecular weight is 259 g/mol. The quantitative estimate of drug-likeness (QED) is 0.781. The van der Waals surface area contributed by atoms with Gasteiger partial charge in [-0.1, -0.05) is 6.92 Å². The molecule has 18 heavy (non-hydrogen) atoms. The molecule has 5 nitrogen and oxygen atoms in total. The van der Waals surface area contributed by atoms with Crippen LogP contribution in [0.4, 0.5) is 0 Å². The molecule has 1 N–H and O–H groups in total. The van der Waals surface area contributed by atoms with Crippen LogP contribution >= 0.6 is 0 Å². The van der Waals surface area contributed by atoms with E-state index in [1.165, 1.54) is 7.11 Å². The molecule has 0 radical (unpaired) electrons. The van der Waals surface area contributed by atoms with Gasteiger partial charge in [-0.3, -0.25) is 4.79 Å². The van der Waals surface area contributed by atoms with E-state index in [9.17, 15) is 9.90 Å². The Kier molecular flexibility index (Phi) is 5.56. The lowest BCUT2D eigenvalue weighted by Crippen LogP contribution is -2.43. The average Bonchev–Trinajstić information content (AvgIpc) is 2.52. The number of amides is 1. The first-order valence-corrected chi connectivity index (χ1v) is 6.45. The molecular weight excluding hydrogens is 234 g/mol. The van der Waals surface area contributed by atoms with Crippen molar-refractivity contribution in [2.75, 3.05) is 27.3 Å². The second-order valence-corrected chi connectivity index (χ2v) is 5.26. The molecule has 0 aromatic rings. The van der Waals surface area contributed by atoms with E-state index in [0.29, 0.717) is 0 Å². The molecular formula is C13H25NO4. The van der Waals surface area contributed by atoms with Crippen molar-refractivity contribution in [2.45, 2.75) is 39.1 Å². The van der Waals surface area contributed by atoms with Gasteiger partial charge in [0.05, 0.1) is 30.8 Å². The van der Waals surface area contributed by atoms with Gasteiger partial charge in [-0.2, -0.15) is 0 Å². The molecule has 1 saturated heterocycles. The number of nitrogens with zero attached hydrogens (tertiary/aromatic N) is 1. The zero-order chi connectivity index (χ0) is 13.9. The number of hydrogen-bond donors (Lipinski definition) is 1. The van der Waals surface area contributed by atoms with Crippen LogP contribution in [0, 0.1) is 11.8 Å². The second-order valence-electron chi connectivity index (χ2n) is 5.26. The third-order valence-electron chi connectivity index (χ3n) is 3.75. The van der Waals surface area contributed by atoms with Crippen molar-refractivity contribution in [3.8, 4) is 0 Å². The van der Waals surface area contributed by atoms with E-state index in [1.54, 1.807) is 11.9 Å². The van der Waals surface area contributed by atoms with Crippen molar-refractivity contribution in [3.63, 3.8) is 0 Å². The molecule has 0 aromatic heterocycles. The maximum Gasteiger partial charge on any atom is 0.228 e. The molecule has 1 aliphatic rings. The molecule has 1 aliphatic heterocycles. The van der Waals surface area contributed by atoms with Crippen LogP contribution in [-0.2, 0) is 14.3 Å². The molecule has 1 heterocycles. The summed E-state index contributed by atoms with van der Waals surface area (Å²) in [6, 6.07) is 0. The number of methoxy groups -OCH3 is 1. The van der Waals surface area contributed by atoms with Gasteiger partial charge < -0.3 is 19.5 Å². The van der Waals surface area contributed by atoms with E-state index in [0.717, 1.165) is 0 Å². The minimum Gasteiger partial charge on any atom is -0.389 e. The zero-order valence-electron chi connectivity index (χ0n) is 11.9. The predicted octanol–water partition coefficient (Wildman–Crippen LogP) is 0.512. The van der Waals surface area contributed by atoms with E-state index in [2.05, 4.69) is 0 Å². The van der Waals surface area contributed by atoms with Gasteiger partial charge in [0, 0.05) is 20.7 Å². The van der Waals surface area contributed by atoms with Crippen molar-refractivity contribution < 1.29 is 19.4 Å². The minimum absolute atomic E-state index is 0.0366. The van der Waals surface area contributed by atoms with E-state index >= 15 is 0 Å². The Balaban J connectivity index is 2.58. The fourth-order valence-corrected chi connectivity index (χ4v) is 2.60. The van der Waals surface area contributed by atoms with Crippen LogP contribution in [-0.4, -0.2) is 61.5 Å². The molecule has 5 heteroatoms. The molecule has 1 amide bonds. The Morgan fingerprint density at radius 2 is 2.00 bits per heavy atom. The summed E-state index contributed by atoms with van der Waals surface area (Å²) in [5.74, 6) is 0.115. The predicted molar refractivity (Wildman–Crippen MR) is 68.2 cm³/mol. The van der Waals surface area contributed by atoms with Crippen LogP contribution in [0.3, 0.4) is 0 Å². The van der Waals surface area contributed by atoms with Gasteiger partial charge in [0.2, 0.25) is 5.91 Å². The Bertz CT molecular complexity index is 284. The van der Waals surface area contributed by atoms with E-state index in [4.69, 9.17) is 9.47 Å². The summed E-state index contributed by atoms with van der Waals surface area (Å²) in [6.45, 7) is 6.49. The standard InChI is InChI=1S/C13H25NO4/c1-8-9(2)18-10(3)12(8)13(16)14(4)6-11(15)7-17-5/h8-12,15H,6-7H2,1-5H3. The molecule has 0 aromatic carbocycles. The number of aliphatic hydroxyl groups is 1. The van der Waals surface area contributed by atoms with Crippen LogP contribution in [0.2, 0.25) is 0 Å². The number of carbonyl (C=O) groups excluding carboxylic acids is 1. The van der Waals surface area contributed by atoms with Crippen molar-refractivity contribution in [1.29, 1.82) is 0 Å². The fourth-order valence-electron chi connectivity index (χ4n) is 2.60. The van der Waals surface area contributed by atoms with Gasteiger partial charge in [0.25, 0.3) is 0 Å². The Morgan fingerprint density at radius 3 is 2.44 bits per heavy atom. The smallest absolute Gasteiger partial charge is 0.228 e. The SMILES string of the molecule is COCC(O)CN(C)C(=O)C1C(C)OC(C)C1C. The van der Waals surface area contributed by atoms with Gasteiger partial charge in [0.1, 0.15) is 0 Å². The monoisotopic (exact) mass is 259 g/mol. The number of hydrogen-bond acceptors (Lipinski definition) is 4. The maximum atomic E-state index is 12.3. The van der Waals surface area contributed by atoms with E-state index in [-0.39, 0.29) is 43.1 Å². The van der Waals surface area contributed by atoms with Crippen LogP contribution in [0.1, 0.15) is 20.8 Å². The Labute approximate surface area is 109 Å². The van der Waals surface area contributed by atoms with Crippen LogP contribution in [0.5, 0.6) is 0 Å². The summed E-state index contributed by atoms with van der Waals surface area (Å²) in [5.41, 5.74) is 0. The van der Waals surface area contributed by atoms with E-state index in [1.807, 2.05) is 20.8 Å². The molecule has 0 spiro atoms.